The van der Waals surface area contributed by atoms with Crippen molar-refractivity contribution >= 4 is 0 Å². The van der Waals surface area contributed by atoms with Gasteiger partial charge in [0.15, 0.2) is 12.4 Å². The van der Waals surface area contributed by atoms with Crippen molar-refractivity contribution in [2.75, 3.05) is 6.61 Å². The second kappa shape index (κ2) is 21.4. The zero-order chi connectivity index (χ0) is 18.5. The highest BCUT2D eigenvalue weighted by Gasteiger charge is 1.97. The molecule has 0 aliphatic rings. The molecule has 0 bridgehead atoms. The van der Waals surface area contributed by atoms with Gasteiger partial charge in [-0.2, -0.15) is 4.57 Å². The number of allylic oxidation sites excluding steroid dienone is 2. The van der Waals surface area contributed by atoms with E-state index in [9.17, 15) is 0 Å². The van der Waals surface area contributed by atoms with Gasteiger partial charge < -0.3 is 17.1 Å². The van der Waals surface area contributed by atoms with Crippen LogP contribution in [0, 0.1) is 0 Å². The summed E-state index contributed by atoms with van der Waals surface area (Å²) in [7, 11) is 0. The third-order valence-electron chi connectivity index (χ3n) is 4.82. The highest BCUT2D eigenvalue weighted by Crippen LogP contribution is 2.09. The molecule has 0 aliphatic heterocycles. The van der Waals surface area contributed by atoms with Crippen molar-refractivity contribution in [1.29, 1.82) is 0 Å². The maximum atomic E-state index is 5.69. The van der Waals surface area contributed by atoms with Crippen LogP contribution in [0.25, 0.3) is 0 Å². The zero-order valence-electron chi connectivity index (χ0n) is 17.6. The van der Waals surface area contributed by atoms with E-state index >= 15 is 0 Å². The molecule has 0 N–H and O–H groups in total. The van der Waals surface area contributed by atoms with Crippen LogP contribution >= 0.6 is 0 Å². The number of halogens is 1. The molecule has 27 heavy (non-hydrogen) atoms. The SMILES string of the molecule is CCCCCCCC/C=C\CCCCCCCCOC[n+]1ccccc1.[Cl-]. The van der Waals surface area contributed by atoms with Crippen LogP contribution in [0.3, 0.4) is 0 Å². The Morgan fingerprint density at radius 1 is 0.667 bits per heavy atom. The third kappa shape index (κ3) is 18.3. The first kappa shape index (κ1) is 26.1. The van der Waals surface area contributed by atoms with E-state index < -0.39 is 0 Å². The molecule has 0 atom stereocenters. The van der Waals surface area contributed by atoms with Gasteiger partial charge in [0.2, 0.25) is 0 Å². The number of ether oxygens (including phenoxy) is 1. The molecule has 0 saturated carbocycles. The molecule has 0 unspecified atom stereocenters. The lowest BCUT2D eigenvalue weighted by Gasteiger charge is -2.02. The number of hydrogen-bond acceptors (Lipinski definition) is 1. The molecule has 0 fully saturated rings. The maximum Gasteiger partial charge on any atom is 0.252 e. The van der Waals surface area contributed by atoms with Gasteiger partial charge in [-0.1, -0.05) is 82.9 Å². The first-order chi connectivity index (χ1) is 12.9. The highest BCUT2D eigenvalue weighted by atomic mass is 35.5. The fourth-order valence-electron chi connectivity index (χ4n) is 3.14. The average Bonchev–Trinajstić information content (AvgIpc) is 2.68. The molecule has 1 aromatic rings. The van der Waals surface area contributed by atoms with Crippen molar-refractivity contribution in [2.24, 2.45) is 0 Å². The smallest absolute Gasteiger partial charge is 0.252 e. The molecule has 1 rings (SSSR count). The lowest BCUT2D eigenvalue weighted by molar-refractivity contribution is -0.732. The standard InChI is InChI=1S/C24H42NO.ClH/c1-2-3-4-5-6-7-8-9-10-11-12-13-14-15-16-20-23-26-24-25-21-18-17-19-22-25;/h9-10,17-19,21-22H,2-8,11-16,20,23-24H2,1H3;1H/q+1;/p-1/b10-9-;. The second-order valence-corrected chi connectivity index (χ2v) is 7.36. The van der Waals surface area contributed by atoms with Crippen molar-refractivity contribution in [3.8, 4) is 0 Å². The Morgan fingerprint density at radius 2 is 1.19 bits per heavy atom. The van der Waals surface area contributed by atoms with E-state index in [1.54, 1.807) is 0 Å². The number of pyridine rings is 1. The molecule has 2 nitrogen and oxygen atoms in total. The van der Waals surface area contributed by atoms with Gasteiger partial charge in [0.05, 0.1) is 6.61 Å². The van der Waals surface area contributed by atoms with Crippen LogP contribution in [-0.4, -0.2) is 6.61 Å². The van der Waals surface area contributed by atoms with Crippen LogP contribution in [0.5, 0.6) is 0 Å². The van der Waals surface area contributed by atoms with Gasteiger partial charge in [0.25, 0.3) is 6.73 Å². The minimum atomic E-state index is 0. The number of rotatable bonds is 18. The lowest BCUT2D eigenvalue weighted by atomic mass is 10.1. The second-order valence-electron chi connectivity index (χ2n) is 7.36. The van der Waals surface area contributed by atoms with E-state index in [0.717, 1.165) is 6.61 Å². The van der Waals surface area contributed by atoms with Crippen molar-refractivity contribution in [2.45, 2.75) is 104 Å². The van der Waals surface area contributed by atoms with Crippen LogP contribution in [0.4, 0.5) is 0 Å². The number of hydrogen-bond donors (Lipinski definition) is 0. The first-order valence-electron chi connectivity index (χ1n) is 11.1. The lowest BCUT2D eigenvalue weighted by Crippen LogP contribution is -3.00. The van der Waals surface area contributed by atoms with Crippen LogP contribution in [0.1, 0.15) is 96.8 Å². The molecule has 1 aromatic heterocycles. The largest absolute Gasteiger partial charge is 1.00 e. The maximum absolute atomic E-state index is 5.69. The Hall–Kier alpha value is -0.860. The Bertz CT molecular complexity index is 422. The molecule has 0 saturated heterocycles. The number of unbranched alkanes of at least 4 members (excludes halogenated alkanes) is 12. The Morgan fingerprint density at radius 3 is 1.78 bits per heavy atom. The Labute approximate surface area is 174 Å². The summed E-state index contributed by atoms with van der Waals surface area (Å²) in [5.41, 5.74) is 0. The Balaban J connectivity index is 0.00000676. The molecular formula is C24H42ClNO. The fourth-order valence-corrected chi connectivity index (χ4v) is 3.14. The fraction of sp³-hybridized carbons (Fsp3) is 0.708. The van der Waals surface area contributed by atoms with Crippen molar-refractivity contribution in [3.05, 3.63) is 42.7 Å². The molecule has 0 aliphatic carbocycles. The molecular weight excluding hydrogens is 354 g/mol. The van der Waals surface area contributed by atoms with E-state index in [1.807, 2.05) is 30.6 Å². The van der Waals surface area contributed by atoms with Crippen molar-refractivity contribution in [3.63, 3.8) is 0 Å². The Kier molecular flexibility index (Phi) is 20.8. The molecule has 3 heteroatoms. The van der Waals surface area contributed by atoms with E-state index in [-0.39, 0.29) is 12.4 Å². The quantitative estimate of drug-likeness (QED) is 0.208. The summed E-state index contributed by atoms with van der Waals surface area (Å²) in [6, 6.07) is 6.10. The first-order valence-corrected chi connectivity index (χ1v) is 11.1. The summed E-state index contributed by atoms with van der Waals surface area (Å²) in [5, 5.41) is 0. The summed E-state index contributed by atoms with van der Waals surface area (Å²) in [4.78, 5) is 0. The summed E-state index contributed by atoms with van der Waals surface area (Å²) in [5.74, 6) is 0. The molecule has 0 radical (unpaired) electrons. The predicted molar refractivity (Wildman–Crippen MR) is 112 cm³/mol. The van der Waals surface area contributed by atoms with Gasteiger partial charge in [-0.05, 0) is 32.1 Å². The van der Waals surface area contributed by atoms with Gasteiger partial charge >= 0.3 is 0 Å². The molecule has 1 heterocycles. The normalized spacial score (nSPS) is 11.0. The van der Waals surface area contributed by atoms with Crippen LogP contribution in [0.15, 0.2) is 42.7 Å². The summed E-state index contributed by atoms with van der Waals surface area (Å²) >= 11 is 0. The molecule has 0 aromatic carbocycles. The van der Waals surface area contributed by atoms with Crippen molar-refractivity contribution < 1.29 is 21.7 Å². The topological polar surface area (TPSA) is 13.1 Å². The monoisotopic (exact) mass is 395 g/mol. The number of nitrogens with zero attached hydrogens (tertiary/aromatic N) is 1. The van der Waals surface area contributed by atoms with Gasteiger partial charge in [0.1, 0.15) is 0 Å². The summed E-state index contributed by atoms with van der Waals surface area (Å²) in [6.45, 7) is 3.83. The van der Waals surface area contributed by atoms with E-state index in [1.165, 1.54) is 89.9 Å². The minimum absolute atomic E-state index is 0. The van der Waals surface area contributed by atoms with Crippen molar-refractivity contribution in [1.82, 2.24) is 0 Å². The summed E-state index contributed by atoms with van der Waals surface area (Å²) < 4.78 is 7.76. The number of aromatic nitrogens is 1. The van der Waals surface area contributed by atoms with Crippen LogP contribution < -0.4 is 17.0 Å². The van der Waals surface area contributed by atoms with Gasteiger partial charge in [0, 0.05) is 12.1 Å². The van der Waals surface area contributed by atoms with E-state index in [2.05, 4.69) is 23.6 Å². The highest BCUT2D eigenvalue weighted by molar-refractivity contribution is 4.83. The van der Waals surface area contributed by atoms with Crippen LogP contribution in [-0.2, 0) is 11.5 Å². The molecule has 0 amide bonds. The van der Waals surface area contributed by atoms with Gasteiger partial charge in [-0.15, -0.1) is 0 Å². The minimum Gasteiger partial charge on any atom is -1.00 e. The molecule has 156 valence electrons. The predicted octanol–water partition coefficient (Wildman–Crippen LogP) is 3.99. The van der Waals surface area contributed by atoms with Crippen LogP contribution in [0.2, 0.25) is 0 Å². The average molecular weight is 396 g/mol. The van der Waals surface area contributed by atoms with E-state index in [0.29, 0.717) is 6.73 Å². The zero-order valence-corrected chi connectivity index (χ0v) is 18.3. The summed E-state index contributed by atoms with van der Waals surface area (Å²) in [6.07, 6.45) is 27.8. The third-order valence-corrected chi connectivity index (χ3v) is 4.82. The van der Waals surface area contributed by atoms with Gasteiger partial charge in [-0.25, -0.2) is 0 Å². The van der Waals surface area contributed by atoms with Gasteiger partial charge in [-0.3, -0.25) is 0 Å². The van der Waals surface area contributed by atoms with E-state index in [4.69, 9.17) is 4.74 Å². The molecule has 0 spiro atoms.